The number of amides is 1. The molecule has 5 nitrogen and oxygen atoms in total. The average molecular weight is 374 g/mol. The first-order valence-electron chi connectivity index (χ1n) is 8.63. The van der Waals surface area contributed by atoms with Crippen molar-refractivity contribution in [3.8, 4) is 5.75 Å². The van der Waals surface area contributed by atoms with Crippen LogP contribution in [0.3, 0.4) is 0 Å². The van der Waals surface area contributed by atoms with E-state index in [0.717, 1.165) is 31.5 Å². The van der Waals surface area contributed by atoms with Crippen molar-refractivity contribution in [1.82, 2.24) is 10.2 Å². The average Bonchev–Trinajstić information content (AvgIpc) is 2.59. The van der Waals surface area contributed by atoms with E-state index in [0.29, 0.717) is 6.04 Å². The highest BCUT2D eigenvalue weighted by Crippen LogP contribution is 2.30. The van der Waals surface area contributed by atoms with Gasteiger partial charge in [0.15, 0.2) is 0 Å². The highest BCUT2D eigenvalue weighted by Gasteiger charge is 2.30. The number of piperidine rings is 1. The number of nitrogens with zero attached hydrogens (tertiary/aromatic N) is 1. The molecule has 1 aliphatic rings. The Balaban J connectivity index is 1.78. The molecule has 1 amide bonds. The van der Waals surface area contributed by atoms with E-state index in [-0.39, 0.29) is 30.7 Å². The lowest BCUT2D eigenvalue weighted by molar-refractivity contribution is -0.137. The number of alkyl halides is 3. The summed E-state index contributed by atoms with van der Waals surface area (Å²) in [4.78, 5) is 13.9. The summed E-state index contributed by atoms with van der Waals surface area (Å²) in [5.74, 6) is 0.171. The summed E-state index contributed by atoms with van der Waals surface area (Å²) in [6, 6.07) is 4.56. The monoisotopic (exact) mass is 374 g/mol. The van der Waals surface area contributed by atoms with Crippen molar-refractivity contribution in [1.29, 1.82) is 0 Å². The zero-order valence-corrected chi connectivity index (χ0v) is 14.9. The van der Waals surface area contributed by atoms with Crippen LogP contribution in [0, 0.1) is 5.92 Å². The van der Waals surface area contributed by atoms with Crippen LogP contribution in [0.5, 0.6) is 5.75 Å². The third-order valence-corrected chi connectivity index (χ3v) is 4.46. The van der Waals surface area contributed by atoms with E-state index in [4.69, 9.17) is 4.74 Å². The Kier molecular flexibility index (Phi) is 6.88. The normalized spacial score (nSPS) is 21.9. The van der Waals surface area contributed by atoms with Crippen molar-refractivity contribution in [2.45, 2.75) is 38.1 Å². The van der Waals surface area contributed by atoms with Gasteiger partial charge in [0.2, 0.25) is 5.91 Å². The first kappa shape index (κ1) is 20.5. The molecule has 1 fully saturated rings. The van der Waals surface area contributed by atoms with Gasteiger partial charge in [-0.2, -0.15) is 13.2 Å². The zero-order valence-electron chi connectivity index (χ0n) is 14.9. The molecule has 1 unspecified atom stereocenters. The van der Waals surface area contributed by atoms with E-state index in [9.17, 15) is 23.1 Å². The Morgan fingerprint density at radius 3 is 2.62 bits per heavy atom. The molecule has 2 rings (SSSR count). The van der Waals surface area contributed by atoms with E-state index < -0.39 is 17.8 Å². The third kappa shape index (κ3) is 5.88. The second-order valence-electron chi connectivity index (χ2n) is 6.78. The Bertz CT molecular complexity index is 592. The summed E-state index contributed by atoms with van der Waals surface area (Å²) < 4.78 is 42.8. The van der Waals surface area contributed by atoms with E-state index in [1.807, 2.05) is 6.92 Å². The number of aliphatic hydroxyl groups is 1. The van der Waals surface area contributed by atoms with Crippen LogP contribution in [0.2, 0.25) is 0 Å². The number of carbonyl (C=O) groups is 1. The summed E-state index contributed by atoms with van der Waals surface area (Å²) in [5, 5.41) is 13.3. The summed E-state index contributed by atoms with van der Waals surface area (Å²) in [6.45, 7) is 2.83. The lowest BCUT2D eigenvalue weighted by Crippen LogP contribution is -2.45. The van der Waals surface area contributed by atoms with Gasteiger partial charge >= 0.3 is 6.18 Å². The molecule has 0 spiro atoms. The van der Waals surface area contributed by atoms with E-state index in [1.165, 1.54) is 17.0 Å². The van der Waals surface area contributed by atoms with Crippen LogP contribution in [-0.2, 0) is 11.0 Å². The van der Waals surface area contributed by atoms with Gasteiger partial charge in [0.25, 0.3) is 0 Å². The first-order valence-corrected chi connectivity index (χ1v) is 8.63. The summed E-state index contributed by atoms with van der Waals surface area (Å²) in [7, 11) is 1.64. The minimum Gasteiger partial charge on any atom is -0.491 e. The van der Waals surface area contributed by atoms with Gasteiger partial charge in [0, 0.05) is 25.6 Å². The van der Waals surface area contributed by atoms with Crippen LogP contribution in [0.15, 0.2) is 24.3 Å². The SMILES string of the molecule is C[C@H]1C[C@@H](C(=O)N(C)CC(O)COc2ccc(C(F)(F)F)cc2)CCN1. The molecule has 1 aromatic carbocycles. The lowest BCUT2D eigenvalue weighted by Gasteiger charge is -2.31. The second kappa shape index (κ2) is 8.73. The highest BCUT2D eigenvalue weighted by molar-refractivity contribution is 5.78. The van der Waals surface area contributed by atoms with Gasteiger partial charge in [-0.3, -0.25) is 4.79 Å². The largest absolute Gasteiger partial charge is 0.491 e. The van der Waals surface area contributed by atoms with E-state index >= 15 is 0 Å². The molecule has 26 heavy (non-hydrogen) atoms. The van der Waals surface area contributed by atoms with Crippen molar-refractivity contribution >= 4 is 5.91 Å². The minimum atomic E-state index is -4.40. The fourth-order valence-corrected chi connectivity index (χ4v) is 3.06. The van der Waals surface area contributed by atoms with Crippen molar-refractivity contribution in [2.24, 2.45) is 5.92 Å². The van der Waals surface area contributed by atoms with Gasteiger partial charge in [-0.1, -0.05) is 0 Å². The standard InChI is InChI=1S/C18H25F3N2O3/c1-12-9-13(7-8-22-12)17(25)23(2)10-15(24)11-26-16-5-3-14(4-6-16)18(19,20)21/h3-6,12-13,15,22,24H,7-11H2,1-2H3/t12-,13-,15?/m0/s1. The Hall–Kier alpha value is -1.80. The number of hydrogen-bond donors (Lipinski definition) is 2. The lowest BCUT2D eigenvalue weighted by atomic mass is 9.92. The van der Waals surface area contributed by atoms with Gasteiger partial charge in [0.05, 0.1) is 5.56 Å². The molecular formula is C18H25F3N2O3. The van der Waals surface area contributed by atoms with E-state index in [1.54, 1.807) is 7.05 Å². The predicted octanol–water partition coefficient (Wildman–Crippen LogP) is 2.29. The molecule has 1 aliphatic heterocycles. The molecule has 1 heterocycles. The number of rotatable bonds is 6. The molecule has 0 radical (unpaired) electrons. The third-order valence-electron chi connectivity index (χ3n) is 4.46. The maximum atomic E-state index is 12.5. The van der Waals surface area contributed by atoms with Crippen LogP contribution in [0.25, 0.3) is 0 Å². The Morgan fingerprint density at radius 2 is 2.04 bits per heavy atom. The fourth-order valence-electron chi connectivity index (χ4n) is 3.06. The van der Waals surface area contributed by atoms with Crippen LogP contribution in [0.1, 0.15) is 25.3 Å². The number of likely N-dealkylation sites (N-methyl/N-ethyl adjacent to an activating group) is 1. The van der Waals surface area contributed by atoms with Crippen molar-refractivity contribution < 1.29 is 27.8 Å². The molecule has 0 bridgehead atoms. The van der Waals surface area contributed by atoms with Crippen LogP contribution < -0.4 is 10.1 Å². The molecular weight excluding hydrogens is 349 g/mol. The number of carbonyl (C=O) groups excluding carboxylic acids is 1. The molecule has 1 aromatic rings. The maximum Gasteiger partial charge on any atom is 0.416 e. The molecule has 3 atom stereocenters. The minimum absolute atomic E-state index is 0.00747. The topological polar surface area (TPSA) is 61.8 Å². The van der Waals surface area contributed by atoms with Gasteiger partial charge in [0.1, 0.15) is 18.5 Å². The number of benzene rings is 1. The van der Waals surface area contributed by atoms with Crippen LogP contribution in [-0.4, -0.2) is 54.8 Å². The first-order chi connectivity index (χ1) is 12.2. The molecule has 8 heteroatoms. The van der Waals surface area contributed by atoms with Crippen LogP contribution >= 0.6 is 0 Å². The molecule has 146 valence electrons. The smallest absolute Gasteiger partial charge is 0.416 e. The van der Waals surface area contributed by atoms with Crippen molar-refractivity contribution in [3.63, 3.8) is 0 Å². The number of halogens is 3. The Morgan fingerprint density at radius 1 is 1.38 bits per heavy atom. The van der Waals surface area contributed by atoms with Gasteiger partial charge in [-0.05, 0) is 50.6 Å². The van der Waals surface area contributed by atoms with E-state index in [2.05, 4.69) is 5.32 Å². The summed E-state index contributed by atoms with van der Waals surface area (Å²) in [5.41, 5.74) is -0.757. The van der Waals surface area contributed by atoms with Gasteiger partial charge in [-0.25, -0.2) is 0 Å². The predicted molar refractivity (Wildman–Crippen MR) is 90.8 cm³/mol. The zero-order chi connectivity index (χ0) is 19.3. The Labute approximate surface area is 151 Å². The summed E-state index contributed by atoms with van der Waals surface area (Å²) in [6.07, 6.45) is -3.79. The maximum absolute atomic E-state index is 12.5. The molecule has 0 saturated carbocycles. The second-order valence-corrected chi connectivity index (χ2v) is 6.78. The van der Waals surface area contributed by atoms with Crippen molar-refractivity contribution in [2.75, 3.05) is 26.7 Å². The molecule has 2 N–H and O–H groups in total. The fraction of sp³-hybridized carbons (Fsp3) is 0.611. The van der Waals surface area contributed by atoms with Gasteiger partial charge in [-0.15, -0.1) is 0 Å². The number of aliphatic hydroxyl groups excluding tert-OH is 1. The molecule has 0 aromatic heterocycles. The van der Waals surface area contributed by atoms with Gasteiger partial charge < -0.3 is 20.1 Å². The van der Waals surface area contributed by atoms with Crippen LogP contribution in [0.4, 0.5) is 13.2 Å². The number of ether oxygens (including phenoxy) is 1. The number of hydrogen-bond acceptors (Lipinski definition) is 4. The quantitative estimate of drug-likeness (QED) is 0.802. The summed E-state index contributed by atoms with van der Waals surface area (Å²) >= 11 is 0. The van der Waals surface area contributed by atoms with Crippen molar-refractivity contribution in [3.05, 3.63) is 29.8 Å². The molecule has 0 aliphatic carbocycles. The molecule has 1 saturated heterocycles. The number of nitrogens with one attached hydrogen (secondary N) is 1. The highest BCUT2D eigenvalue weighted by atomic mass is 19.4.